The first-order valence-corrected chi connectivity index (χ1v) is 7.81. The topological polar surface area (TPSA) is 20.2 Å². The Morgan fingerprint density at radius 3 is 2.20 bits per heavy atom. The van der Waals surface area contributed by atoms with E-state index in [9.17, 15) is 5.11 Å². The molecule has 2 heteroatoms. The molecule has 3 aromatic rings. The van der Waals surface area contributed by atoms with E-state index >= 15 is 0 Å². The number of hydrogen-bond acceptors (Lipinski definition) is 2. The molecule has 1 N–H and O–H groups in total. The maximum atomic E-state index is 9.89. The van der Waals surface area contributed by atoms with Gasteiger partial charge in [-0.1, -0.05) is 60.7 Å². The number of aromatic hydroxyl groups is 1. The lowest BCUT2D eigenvalue weighted by molar-refractivity contribution is 0.481. The minimum atomic E-state index is 0.359. The van der Waals surface area contributed by atoms with Crippen molar-refractivity contribution in [3.8, 4) is 5.75 Å². The first-order valence-electron chi connectivity index (χ1n) is 6.66. The summed E-state index contributed by atoms with van der Waals surface area (Å²) in [5, 5.41) is 12.0. The summed E-state index contributed by atoms with van der Waals surface area (Å²) in [5.74, 6) is 2.32. The summed E-state index contributed by atoms with van der Waals surface area (Å²) in [6, 6.07) is 22.3. The second-order valence-electron chi connectivity index (χ2n) is 4.77. The number of phenols is 1. The number of thioether (sulfide) groups is 1. The Morgan fingerprint density at radius 1 is 0.700 bits per heavy atom. The van der Waals surface area contributed by atoms with Crippen molar-refractivity contribution in [3.05, 3.63) is 77.9 Å². The molecular formula is C18H16OS. The summed E-state index contributed by atoms with van der Waals surface area (Å²) in [7, 11) is 0. The zero-order valence-electron chi connectivity index (χ0n) is 11.1. The second kappa shape index (κ2) is 6.02. The molecule has 0 heterocycles. The number of rotatable bonds is 4. The summed E-state index contributed by atoms with van der Waals surface area (Å²) in [5.41, 5.74) is 2.62. The Morgan fingerprint density at radius 2 is 1.40 bits per heavy atom. The molecule has 0 saturated carbocycles. The average molecular weight is 280 g/mol. The van der Waals surface area contributed by atoms with E-state index in [0.29, 0.717) is 5.75 Å². The summed E-state index contributed by atoms with van der Waals surface area (Å²) >= 11 is 1.90. The molecule has 0 aliphatic carbocycles. The largest absolute Gasteiger partial charge is 0.507 e. The van der Waals surface area contributed by atoms with Crippen molar-refractivity contribution < 1.29 is 5.11 Å². The quantitative estimate of drug-likeness (QED) is 0.727. The van der Waals surface area contributed by atoms with Crippen molar-refractivity contribution in [1.29, 1.82) is 0 Å². The Bertz CT molecular complexity index is 707. The fourth-order valence-electron chi connectivity index (χ4n) is 2.32. The minimum Gasteiger partial charge on any atom is -0.507 e. The monoisotopic (exact) mass is 280 g/mol. The Kier molecular flexibility index (Phi) is 3.93. The molecule has 0 aromatic heterocycles. The standard InChI is InChI=1S/C18H16OS/c19-18-11-10-15(16-8-4-5-9-17(16)18)13-20-12-14-6-2-1-3-7-14/h1-11,19H,12-13H2. The predicted molar refractivity (Wildman–Crippen MR) is 87.1 cm³/mol. The van der Waals surface area contributed by atoms with E-state index in [-0.39, 0.29) is 0 Å². The van der Waals surface area contributed by atoms with Gasteiger partial charge in [-0.05, 0) is 22.6 Å². The Labute approximate surface area is 123 Å². The normalized spacial score (nSPS) is 10.8. The van der Waals surface area contributed by atoms with E-state index < -0.39 is 0 Å². The molecule has 0 fully saturated rings. The number of benzene rings is 3. The van der Waals surface area contributed by atoms with E-state index in [0.717, 1.165) is 22.3 Å². The van der Waals surface area contributed by atoms with Crippen LogP contribution in [0.5, 0.6) is 5.75 Å². The van der Waals surface area contributed by atoms with E-state index in [1.165, 1.54) is 11.1 Å². The van der Waals surface area contributed by atoms with Gasteiger partial charge in [0.25, 0.3) is 0 Å². The van der Waals surface area contributed by atoms with E-state index in [1.54, 1.807) is 6.07 Å². The van der Waals surface area contributed by atoms with Gasteiger partial charge in [0, 0.05) is 16.9 Å². The van der Waals surface area contributed by atoms with Gasteiger partial charge in [0.2, 0.25) is 0 Å². The molecular weight excluding hydrogens is 264 g/mol. The lowest BCUT2D eigenvalue weighted by Gasteiger charge is -2.08. The average Bonchev–Trinajstić information content (AvgIpc) is 2.51. The fraction of sp³-hybridized carbons (Fsp3) is 0.111. The van der Waals surface area contributed by atoms with Gasteiger partial charge in [-0.25, -0.2) is 0 Å². The zero-order chi connectivity index (χ0) is 13.8. The van der Waals surface area contributed by atoms with Crippen LogP contribution in [-0.2, 0) is 11.5 Å². The van der Waals surface area contributed by atoms with Crippen molar-refractivity contribution in [2.75, 3.05) is 0 Å². The molecule has 20 heavy (non-hydrogen) atoms. The highest BCUT2D eigenvalue weighted by atomic mass is 32.2. The van der Waals surface area contributed by atoms with E-state index in [1.807, 2.05) is 42.1 Å². The molecule has 100 valence electrons. The van der Waals surface area contributed by atoms with Gasteiger partial charge in [0.05, 0.1) is 0 Å². The van der Waals surface area contributed by atoms with Crippen LogP contribution in [0.3, 0.4) is 0 Å². The molecule has 0 aliphatic heterocycles. The highest BCUT2D eigenvalue weighted by Crippen LogP contribution is 2.30. The summed E-state index contributed by atoms with van der Waals surface area (Å²) in [6.07, 6.45) is 0. The molecule has 0 unspecified atom stereocenters. The number of hydrogen-bond donors (Lipinski definition) is 1. The second-order valence-corrected chi connectivity index (χ2v) is 5.75. The van der Waals surface area contributed by atoms with E-state index in [4.69, 9.17) is 0 Å². The highest BCUT2D eigenvalue weighted by Gasteiger charge is 2.04. The molecule has 3 aromatic carbocycles. The Hall–Kier alpha value is -1.93. The van der Waals surface area contributed by atoms with Gasteiger partial charge in [0.15, 0.2) is 0 Å². The molecule has 1 nitrogen and oxygen atoms in total. The third-order valence-electron chi connectivity index (χ3n) is 3.36. The van der Waals surface area contributed by atoms with Crippen LogP contribution in [0.15, 0.2) is 66.7 Å². The number of fused-ring (bicyclic) bond motifs is 1. The van der Waals surface area contributed by atoms with Gasteiger partial charge in [-0.15, -0.1) is 0 Å². The van der Waals surface area contributed by atoms with Gasteiger partial charge in [0.1, 0.15) is 5.75 Å². The third-order valence-corrected chi connectivity index (χ3v) is 4.41. The molecule has 3 rings (SSSR count). The van der Waals surface area contributed by atoms with Crippen molar-refractivity contribution in [2.45, 2.75) is 11.5 Å². The lowest BCUT2D eigenvalue weighted by Crippen LogP contribution is -1.86. The molecule has 0 bridgehead atoms. The SMILES string of the molecule is Oc1ccc(CSCc2ccccc2)c2ccccc12. The van der Waals surface area contributed by atoms with Crippen LogP contribution in [0.4, 0.5) is 0 Å². The van der Waals surface area contributed by atoms with Crippen LogP contribution in [0.2, 0.25) is 0 Å². The van der Waals surface area contributed by atoms with Gasteiger partial charge < -0.3 is 5.11 Å². The highest BCUT2D eigenvalue weighted by molar-refractivity contribution is 7.97. The summed E-state index contributed by atoms with van der Waals surface area (Å²) in [6.45, 7) is 0. The molecule has 0 radical (unpaired) electrons. The van der Waals surface area contributed by atoms with Gasteiger partial charge in [-0.2, -0.15) is 11.8 Å². The first kappa shape index (κ1) is 13.1. The maximum Gasteiger partial charge on any atom is 0.123 e. The van der Waals surface area contributed by atoms with Crippen LogP contribution >= 0.6 is 11.8 Å². The number of phenolic OH excluding ortho intramolecular Hbond substituents is 1. The minimum absolute atomic E-state index is 0.359. The van der Waals surface area contributed by atoms with Crippen LogP contribution in [-0.4, -0.2) is 5.11 Å². The first-order chi connectivity index (χ1) is 9.84. The Balaban J connectivity index is 1.77. The predicted octanol–water partition coefficient (Wildman–Crippen LogP) is 4.98. The van der Waals surface area contributed by atoms with Crippen molar-refractivity contribution >= 4 is 22.5 Å². The van der Waals surface area contributed by atoms with Crippen LogP contribution in [0.1, 0.15) is 11.1 Å². The lowest BCUT2D eigenvalue weighted by atomic mass is 10.1. The summed E-state index contributed by atoms with van der Waals surface area (Å²) in [4.78, 5) is 0. The van der Waals surface area contributed by atoms with Crippen molar-refractivity contribution in [3.63, 3.8) is 0 Å². The molecule has 0 spiro atoms. The maximum absolute atomic E-state index is 9.89. The fourth-order valence-corrected chi connectivity index (χ4v) is 3.33. The van der Waals surface area contributed by atoms with Gasteiger partial charge in [-0.3, -0.25) is 0 Å². The molecule has 0 amide bonds. The van der Waals surface area contributed by atoms with Crippen LogP contribution < -0.4 is 0 Å². The third kappa shape index (κ3) is 2.81. The zero-order valence-corrected chi connectivity index (χ0v) is 11.9. The van der Waals surface area contributed by atoms with Crippen molar-refractivity contribution in [1.82, 2.24) is 0 Å². The summed E-state index contributed by atoms with van der Waals surface area (Å²) < 4.78 is 0. The molecule has 0 aliphatic rings. The van der Waals surface area contributed by atoms with Crippen LogP contribution in [0, 0.1) is 0 Å². The molecule has 0 saturated heterocycles. The van der Waals surface area contributed by atoms with Crippen LogP contribution in [0.25, 0.3) is 10.8 Å². The van der Waals surface area contributed by atoms with Crippen molar-refractivity contribution in [2.24, 2.45) is 0 Å². The smallest absolute Gasteiger partial charge is 0.123 e. The van der Waals surface area contributed by atoms with Gasteiger partial charge >= 0.3 is 0 Å². The molecule has 0 atom stereocenters. The van der Waals surface area contributed by atoms with E-state index in [2.05, 4.69) is 30.3 Å².